The third-order valence-corrected chi connectivity index (χ3v) is 9.36. The molecule has 1 heterocycles. The lowest BCUT2D eigenvalue weighted by atomic mass is 9.80. The number of hydrogen-bond acceptors (Lipinski definition) is 2. The van der Waals surface area contributed by atoms with Crippen LogP contribution in [-0.2, 0) is 9.63 Å². The van der Waals surface area contributed by atoms with Crippen molar-refractivity contribution in [3.05, 3.63) is 0 Å². The molecule has 0 atom stereocenters. The van der Waals surface area contributed by atoms with E-state index in [2.05, 4.69) is 33.9 Å². The first-order valence-electron chi connectivity index (χ1n) is 7.34. The number of hydrogen-bond donors (Lipinski definition) is 0. The van der Waals surface area contributed by atoms with E-state index in [9.17, 15) is 5.21 Å². The maximum absolute atomic E-state index is 12.3. The molecule has 0 aromatic rings. The van der Waals surface area contributed by atoms with E-state index in [4.69, 9.17) is 4.43 Å². The molecule has 0 unspecified atom stereocenters. The van der Waals surface area contributed by atoms with E-state index in [1.165, 1.54) is 5.06 Å². The molecule has 1 fully saturated rings. The molecular formula is C15H32NO2Si. The van der Waals surface area contributed by atoms with E-state index in [1.807, 2.05) is 27.7 Å². The summed E-state index contributed by atoms with van der Waals surface area (Å²) in [5.74, 6) is 0. The lowest BCUT2D eigenvalue weighted by Crippen LogP contribution is -2.61. The topological polar surface area (TPSA) is 32.4 Å². The minimum atomic E-state index is -1.76. The molecule has 1 radical (unpaired) electrons. The van der Waals surface area contributed by atoms with Gasteiger partial charge in [0.2, 0.25) is 0 Å². The van der Waals surface area contributed by atoms with Crippen LogP contribution < -0.4 is 0 Å². The van der Waals surface area contributed by atoms with Crippen molar-refractivity contribution < 1.29 is 9.63 Å². The van der Waals surface area contributed by atoms with Crippen LogP contribution in [-0.4, -0.2) is 30.6 Å². The minimum Gasteiger partial charge on any atom is -0.414 e. The Morgan fingerprint density at radius 3 is 1.74 bits per heavy atom. The van der Waals surface area contributed by atoms with Gasteiger partial charge in [0.05, 0.1) is 0 Å². The molecular weight excluding hydrogens is 254 g/mol. The Hall–Kier alpha value is 0.0969. The molecule has 0 amide bonds. The van der Waals surface area contributed by atoms with E-state index in [0.29, 0.717) is 0 Å². The highest BCUT2D eigenvalue weighted by molar-refractivity contribution is 6.74. The molecule has 4 heteroatoms. The largest absolute Gasteiger partial charge is 0.414 e. The van der Waals surface area contributed by atoms with Crippen LogP contribution in [0.3, 0.4) is 0 Å². The summed E-state index contributed by atoms with van der Waals surface area (Å²) in [7, 11) is -1.76. The van der Waals surface area contributed by atoms with Crippen LogP contribution in [0.15, 0.2) is 0 Å². The van der Waals surface area contributed by atoms with Crippen molar-refractivity contribution in [2.24, 2.45) is 0 Å². The summed E-state index contributed by atoms with van der Waals surface area (Å²) in [5, 5.41) is 13.8. The zero-order valence-corrected chi connectivity index (χ0v) is 15.3. The molecule has 1 rings (SSSR count). The number of nitrogens with zero attached hydrogens (tertiary/aromatic N) is 1. The zero-order valence-electron chi connectivity index (χ0n) is 14.3. The van der Waals surface area contributed by atoms with E-state index < -0.39 is 8.32 Å². The molecule has 0 bridgehead atoms. The van der Waals surface area contributed by atoms with Gasteiger partial charge in [0.25, 0.3) is 0 Å². The first-order chi connectivity index (χ1) is 8.19. The van der Waals surface area contributed by atoms with Gasteiger partial charge in [-0.05, 0) is 58.7 Å². The average molecular weight is 287 g/mol. The first kappa shape index (κ1) is 17.1. The Bertz CT molecular complexity index is 314. The summed E-state index contributed by atoms with van der Waals surface area (Å²) in [6.45, 7) is 19.5. The van der Waals surface area contributed by atoms with E-state index in [0.717, 1.165) is 12.8 Å². The van der Waals surface area contributed by atoms with E-state index >= 15 is 0 Å². The summed E-state index contributed by atoms with van der Waals surface area (Å²) in [5.41, 5.74) is -0.677. The van der Waals surface area contributed by atoms with E-state index in [1.54, 1.807) is 0 Å². The van der Waals surface area contributed by atoms with Gasteiger partial charge in [-0.25, -0.2) is 0 Å². The molecule has 1 aliphatic rings. The van der Waals surface area contributed by atoms with Gasteiger partial charge >= 0.3 is 0 Å². The SMILES string of the molecule is CC1(C)CC(O[Si](C)(C)C(C)(C)C)CC(C)(C)N1[O]. The summed E-state index contributed by atoms with van der Waals surface area (Å²) in [6, 6.07) is 0. The lowest BCUT2D eigenvalue weighted by Gasteiger charge is -2.52. The van der Waals surface area contributed by atoms with Crippen molar-refractivity contribution in [3.63, 3.8) is 0 Å². The smallest absolute Gasteiger partial charge is 0.192 e. The van der Waals surface area contributed by atoms with Crippen LogP contribution in [0.5, 0.6) is 0 Å². The number of rotatable bonds is 2. The summed E-state index contributed by atoms with van der Waals surface area (Å²) in [4.78, 5) is 0. The molecule has 3 nitrogen and oxygen atoms in total. The third kappa shape index (κ3) is 3.60. The predicted octanol–water partition coefficient (Wildman–Crippen LogP) is 4.38. The highest BCUT2D eigenvalue weighted by atomic mass is 28.4. The first-order valence-corrected chi connectivity index (χ1v) is 10.3. The quantitative estimate of drug-likeness (QED) is 0.706. The maximum Gasteiger partial charge on any atom is 0.192 e. The van der Waals surface area contributed by atoms with Crippen molar-refractivity contribution >= 4 is 8.32 Å². The molecule has 0 spiro atoms. The van der Waals surface area contributed by atoms with Gasteiger partial charge in [-0.3, -0.25) is 0 Å². The Morgan fingerprint density at radius 2 is 1.42 bits per heavy atom. The van der Waals surface area contributed by atoms with Crippen LogP contribution in [0.25, 0.3) is 0 Å². The standard InChI is InChI=1S/C15H32NO2Si/c1-13(2,3)19(8,9)18-12-10-14(4,5)16(17)15(6,7)11-12/h12H,10-11H2,1-9H3. The van der Waals surface area contributed by atoms with Crippen LogP contribution in [0.1, 0.15) is 61.3 Å². The molecule has 0 aromatic carbocycles. The Morgan fingerprint density at radius 1 is 1.05 bits per heavy atom. The third-order valence-electron chi connectivity index (χ3n) is 4.82. The Kier molecular flexibility index (Phi) is 4.36. The minimum absolute atomic E-state index is 0.205. The fourth-order valence-electron chi connectivity index (χ4n) is 2.85. The molecule has 113 valence electrons. The molecule has 0 saturated carbocycles. The zero-order chi connectivity index (χ0) is 15.3. The van der Waals surface area contributed by atoms with Crippen LogP contribution in [0.4, 0.5) is 0 Å². The molecule has 0 aliphatic carbocycles. The fourth-order valence-corrected chi connectivity index (χ4v) is 4.20. The summed E-state index contributed by atoms with van der Waals surface area (Å²) < 4.78 is 6.54. The second-order valence-electron chi connectivity index (χ2n) is 8.83. The fraction of sp³-hybridized carbons (Fsp3) is 1.00. The van der Waals surface area contributed by atoms with Crippen molar-refractivity contribution in [1.29, 1.82) is 0 Å². The highest BCUT2D eigenvalue weighted by Crippen LogP contribution is 2.43. The van der Waals surface area contributed by atoms with E-state index in [-0.39, 0.29) is 22.2 Å². The Balaban J connectivity index is 2.88. The number of piperidine rings is 1. The summed E-state index contributed by atoms with van der Waals surface area (Å²) in [6.07, 6.45) is 1.86. The van der Waals surface area contributed by atoms with Crippen molar-refractivity contribution in [1.82, 2.24) is 5.06 Å². The monoisotopic (exact) mass is 286 g/mol. The van der Waals surface area contributed by atoms with Crippen LogP contribution >= 0.6 is 0 Å². The van der Waals surface area contributed by atoms with Gasteiger partial charge < -0.3 is 4.43 Å². The van der Waals surface area contributed by atoms with Gasteiger partial charge in [0.1, 0.15) is 0 Å². The van der Waals surface area contributed by atoms with Crippen molar-refractivity contribution in [3.8, 4) is 0 Å². The molecule has 19 heavy (non-hydrogen) atoms. The Labute approximate surface area is 120 Å². The number of hydroxylamine groups is 2. The maximum atomic E-state index is 12.3. The molecule has 0 aromatic heterocycles. The molecule has 1 saturated heterocycles. The normalized spacial score (nSPS) is 25.6. The lowest BCUT2D eigenvalue weighted by molar-refractivity contribution is -0.297. The van der Waals surface area contributed by atoms with Crippen LogP contribution in [0, 0.1) is 0 Å². The summed E-state index contributed by atoms with van der Waals surface area (Å²) >= 11 is 0. The highest BCUT2D eigenvalue weighted by Gasteiger charge is 2.49. The van der Waals surface area contributed by atoms with Gasteiger partial charge in [0, 0.05) is 17.2 Å². The van der Waals surface area contributed by atoms with Crippen LogP contribution in [0.2, 0.25) is 18.1 Å². The molecule has 1 aliphatic heterocycles. The van der Waals surface area contributed by atoms with Gasteiger partial charge in [-0.2, -0.15) is 0 Å². The van der Waals surface area contributed by atoms with Crippen molar-refractivity contribution in [2.45, 2.75) is 96.6 Å². The van der Waals surface area contributed by atoms with Gasteiger partial charge in [0.15, 0.2) is 8.32 Å². The van der Waals surface area contributed by atoms with Gasteiger partial charge in [-0.15, -0.1) is 10.3 Å². The second-order valence-corrected chi connectivity index (χ2v) is 13.6. The average Bonchev–Trinajstić information content (AvgIpc) is 2.10. The second kappa shape index (κ2) is 4.83. The molecule has 0 N–H and O–H groups in total. The van der Waals surface area contributed by atoms with Gasteiger partial charge in [-0.1, -0.05) is 20.8 Å². The predicted molar refractivity (Wildman–Crippen MR) is 82.0 cm³/mol. The van der Waals surface area contributed by atoms with Crippen molar-refractivity contribution in [2.75, 3.05) is 0 Å².